The third-order valence-electron chi connectivity index (χ3n) is 7.72. The Labute approximate surface area is 123 Å². The van der Waals surface area contributed by atoms with Crippen molar-refractivity contribution in [2.24, 2.45) is 35.0 Å². The van der Waals surface area contributed by atoms with Crippen molar-refractivity contribution >= 4 is 5.78 Å². The zero-order valence-electron chi connectivity index (χ0n) is 12.9. The minimum atomic E-state index is 0.457. The molecule has 110 valence electrons. The lowest BCUT2D eigenvalue weighted by Crippen LogP contribution is -2.47. The van der Waals surface area contributed by atoms with Gasteiger partial charge in [-0.25, -0.2) is 0 Å². The first-order valence-electron chi connectivity index (χ1n) is 8.79. The third kappa shape index (κ3) is 1.71. The summed E-state index contributed by atoms with van der Waals surface area (Å²) in [7, 11) is 0. The van der Waals surface area contributed by atoms with Gasteiger partial charge in [-0.15, -0.1) is 0 Å². The first kappa shape index (κ1) is 13.1. The number of Topliss-reactive ketones (excluding diaryl/α,β-unsaturated/α-hetero) is 1. The lowest BCUT2D eigenvalue weighted by Gasteiger charge is -2.54. The molecule has 0 amide bonds. The predicted molar refractivity (Wildman–Crippen MR) is 81.3 cm³/mol. The molecule has 4 saturated carbocycles. The molecular weight excluding hydrogens is 244 g/mol. The summed E-state index contributed by atoms with van der Waals surface area (Å²) in [6, 6.07) is 0. The predicted octanol–water partition coefficient (Wildman–Crippen LogP) is 4.76. The van der Waals surface area contributed by atoms with Crippen molar-refractivity contribution in [2.45, 2.75) is 64.7 Å². The molecule has 0 saturated heterocycles. The number of hydrogen-bond donors (Lipinski definition) is 0. The van der Waals surface area contributed by atoms with Crippen LogP contribution >= 0.6 is 0 Å². The Balaban J connectivity index is 1.59. The van der Waals surface area contributed by atoms with Crippen LogP contribution in [0.3, 0.4) is 0 Å². The summed E-state index contributed by atoms with van der Waals surface area (Å²) in [6.45, 7) is 6.89. The zero-order valence-corrected chi connectivity index (χ0v) is 12.9. The normalized spacial score (nSPS) is 51.4. The second-order valence-corrected chi connectivity index (χ2v) is 8.32. The highest BCUT2D eigenvalue weighted by molar-refractivity contribution is 5.79. The maximum absolute atomic E-state index is 11.7. The summed E-state index contributed by atoms with van der Waals surface area (Å²) >= 11 is 0. The second-order valence-electron chi connectivity index (χ2n) is 8.32. The smallest absolute Gasteiger partial charge is 0.133 e. The van der Waals surface area contributed by atoms with Gasteiger partial charge in [0.25, 0.3) is 0 Å². The molecule has 0 aliphatic heterocycles. The first-order valence-corrected chi connectivity index (χ1v) is 8.79. The van der Waals surface area contributed by atoms with E-state index < -0.39 is 0 Å². The number of ketones is 1. The maximum atomic E-state index is 11.7. The molecule has 0 N–H and O–H groups in total. The SMILES string of the molecule is C=C1CCC2[C@@H]3CC[C@@H]4CC(=O)CC[C@@H]4[C@H]3CC[C@]12C. The quantitative estimate of drug-likeness (QED) is 0.581. The largest absolute Gasteiger partial charge is 0.300 e. The molecule has 0 radical (unpaired) electrons. The summed E-state index contributed by atoms with van der Waals surface area (Å²) in [5.74, 6) is 4.96. The average Bonchev–Trinajstić information content (AvgIpc) is 2.74. The second kappa shape index (κ2) is 4.45. The van der Waals surface area contributed by atoms with E-state index in [1.807, 2.05) is 0 Å². The van der Waals surface area contributed by atoms with Gasteiger partial charge in [0.05, 0.1) is 0 Å². The highest BCUT2D eigenvalue weighted by Crippen LogP contribution is 2.63. The number of allylic oxidation sites excluding steroid dienone is 1. The van der Waals surface area contributed by atoms with Crippen molar-refractivity contribution in [3.8, 4) is 0 Å². The van der Waals surface area contributed by atoms with Crippen molar-refractivity contribution in [3.05, 3.63) is 12.2 Å². The first-order chi connectivity index (χ1) is 9.59. The van der Waals surface area contributed by atoms with E-state index in [9.17, 15) is 4.79 Å². The molecule has 6 atom stereocenters. The Morgan fingerprint density at radius 1 is 1.00 bits per heavy atom. The molecule has 4 rings (SSSR count). The summed E-state index contributed by atoms with van der Waals surface area (Å²) in [5, 5.41) is 0. The van der Waals surface area contributed by atoms with Gasteiger partial charge >= 0.3 is 0 Å². The maximum Gasteiger partial charge on any atom is 0.133 e. The van der Waals surface area contributed by atoms with E-state index in [4.69, 9.17) is 0 Å². The minimum Gasteiger partial charge on any atom is -0.300 e. The third-order valence-corrected chi connectivity index (χ3v) is 7.72. The van der Waals surface area contributed by atoms with Gasteiger partial charge in [-0.1, -0.05) is 19.1 Å². The van der Waals surface area contributed by atoms with Crippen LogP contribution in [0.15, 0.2) is 12.2 Å². The standard InChI is InChI=1S/C19H28O/c1-12-3-8-18-17-6-4-13-11-14(20)5-7-15(13)16(17)9-10-19(12,18)2/h13,15-18H,1,3-11H2,2H3/t13-,15+,16-,17-,18?,19-/m1/s1. The lowest BCUT2D eigenvalue weighted by atomic mass is 9.50. The number of fused-ring (bicyclic) bond motifs is 5. The molecule has 4 aliphatic carbocycles. The molecule has 1 heteroatoms. The van der Waals surface area contributed by atoms with Crippen LogP contribution in [0.25, 0.3) is 0 Å². The highest BCUT2D eigenvalue weighted by atomic mass is 16.1. The molecule has 0 aromatic heterocycles. The van der Waals surface area contributed by atoms with Crippen molar-refractivity contribution in [1.82, 2.24) is 0 Å². The fraction of sp³-hybridized carbons (Fsp3) is 0.842. The molecule has 1 unspecified atom stereocenters. The molecule has 1 nitrogen and oxygen atoms in total. The van der Waals surface area contributed by atoms with Gasteiger partial charge in [0, 0.05) is 12.8 Å². The van der Waals surface area contributed by atoms with Gasteiger partial charge in [-0.3, -0.25) is 4.79 Å². The molecular formula is C19H28O. The van der Waals surface area contributed by atoms with E-state index in [0.717, 1.165) is 42.4 Å². The van der Waals surface area contributed by atoms with E-state index in [-0.39, 0.29) is 0 Å². The fourth-order valence-corrected chi connectivity index (χ4v) is 6.57. The van der Waals surface area contributed by atoms with Crippen LogP contribution in [0.5, 0.6) is 0 Å². The Kier molecular flexibility index (Phi) is 2.91. The molecule has 20 heavy (non-hydrogen) atoms. The lowest BCUT2D eigenvalue weighted by molar-refractivity contribution is -0.126. The van der Waals surface area contributed by atoms with Crippen LogP contribution in [-0.2, 0) is 4.79 Å². The molecule has 4 fully saturated rings. The van der Waals surface area contributed by atoms with Crippen LogP contribution < -0.4 is 0 Å². The number of rotatable bonds is 0. The average molecular weight is 272 g/mol. The summed E-state index contributed by atoms with van der Waals surface area (Å²) in [5.41, 5.74) is 2.00. The Morgan fingerprint density at radius 2 is 1.85 bits per heavy atom. The van der Waals surface area contributed by atoms with Crippen molar-refractivity contribution < 1.29 is 4.79 Å². The number of carbonyl (C=O) groups is 1. The minimum absolute atomic E-state index is 0.457. The van der Waals surface area contributed by atoms with Crippen LogP contribution in [0.2, 0.25) is 0 Å². The Hall–Kier alpha value is -0.590. The molecule has 4 aliphatic rings. The number of hydrogen-bond acceptors (Lipinski definition) is 1. The van der Waals surface area contributed by atoms with Crippen LogP contribution in [-0.4, -0.2) is 5.78 Å². The molecule has 0 aromatic rings. The van der Waals surface area contributed by atoms with Gasteiger partial charge < -0.3 is 0 Å². The van der Waals surface area contributed by atoms with E-state index in [1.54, 1.807) is 5.57 Å². The van der Waals surface area contributed by atoms with Crippen LogP contribution in [0, 0.1) is 35.0 Å². The van der Waals surface area contributed by atoms with Crippen LogP contribution in [0.1, 0.15) is 64.7 Å². The van der Waals surface area contributed by atoms with Gasteiger partial charge in [0.1, 0.15) is 5.78 Å². The Bertz CT molecular complexity index is 451. The Morgan fingerprint density at radius 3 is 2.70 bits per heavy atom. The molecule has 0 spiro atoms. The molecule has 0 bridgehead atoms. The van der Waals surface area contributed by atoms with Gasteiger partial charge in [0.2, 0.25) is 0 Å². The van der Waals surface area contributed by atoms with E-state index >= 15 is 0 Å². The topological polar surface area (TPSA) is 17.1 Å². The molecule has 0 heterocycles. The van der Waals surface area contributed by atoms with E-state index in [0.29, 0.717) is 11.2 Å². The van der Waals surface area contributed by atoms with Gasteiger partial charge in [-0.05, 0) is 80.0 Å². The summed E-state index contributed by atoms with van der Waals surface area (Å²) in [6.07, 6.45) is 11.2. The summed E-state index contributed by atoms with van der Waals surface area (Å²) in [4.78, 5) is 11.7. The zero-order chi connectivity index (χ0) is 13.9. The van der Waals surface area contributed by atoms with Crippen molar-refractivity contribution in [3.63, 3.8) is 0 Å². The fourth-order valence-electron chi connectivity index (χ4n) is 6.57. The van der Waals surface area contributed by atoms with Gasteiger partial charge in [-0.2, -0.15) is 0 Å². The van der Waals surface area contributed by atoms with Crippen molar-refractivity contribution in [1.29, 1.82) is 0 Å². The molecule has 0 aromatic carbocycles. The highest BCUT2D eigenvalue weighted by Gasteiger charge is 2.54. The van der Waals surface area contributed by atoms with Crippen molar-refractivity contribution in [2.75, 3.05) is 0 Å². The van der Waals surface area contributed by atoms with Crippen LogP contribution in [0.4, 0.5) is 0 Å². The van der Waals surface area contributed by atoms with E-state index in [2.05, 4.69) is 13.5 Å². The van der Waals surface area contributed by atoms with E-state index in [1.165, 1.54) is 44.9 Å². The number of carbonyl (C=O) groups excluding carboxylic acids is 1. The van der Waals surface area contributed by atoms with Gasteiger partial charge in [0.15, 0.2) is 0 Å². The summed E-state index contributed by atoms with van der Waals surface area (Å²) < 4.78 is 0. The monoisotopic (exact) mass is 272 g/mol.